The number of nitrogens with zero attached hydrogens (tertiary/aromatic N) is 4. The zero-order valence-electron chi connectivity index (χ0n) is 18.3. The van der Waals surface area contributed by atoms with E-state index in [2.05, 4.69) is 33.0 Å². The zero-order chi connectivity index (χ0) is 22.2. The lowest BCUT2D eigenvalue weighted by atomic mass is 9.98. The molecule has 2 saturated heterocycles. The van der Waals surface area contributed by atoms with Crippen LogP contribution in [0.5, 0.6) is 0 Å². The van der Waals surface area contributed by atoms with E-state index < -0.39 is 9.84 Å². The lowest BCUT2D eigenvalue weighted by Gasteiger charge is -2.36. The van der Waals surface area contributed by atoms with Gasteiger partial charge in [0.25, 0.3) is 0 Å². The third-order valence-corrected chi connectivity index (χ3v) is 8.23. The first-order valence-corrected chi connectivity index (χ1v) is 13.6. The summed E-state index contributed by atoms with van der Waals surface area (Å²) in [5, 5.41) is 0.991. The maximum atomic E-state index is 13.1. The van der Waals surface area contributed by atoms with Gasteiger partial charge in [-0.25, -0.2) is 13.4 Å². The molecule has 2 aromatic rings. The molecule has 1 aromatic heterocycles. The number of anilines is 1. The van der Waals surface area contributed by atoms with Crippen LogP contribution in [0.1, 0.15) is 50.4 Å². The van der Waals surface area contributed by atoms with E-state index in [1.165, 1.54) is 17.8 Å². The smallest absolute Gasteiger partial charge is 0.226 e. The molecule has 2 aliphatic heterocycles. The minimum Gasteiger partial charge on any atom is -0.347 e. The van der Waals surface area contributed by atoms with E-state index in [1.54, 1.807) is 12.1 Å². The van der Waals surface area contributed by atoms with Gasteiger partial charge in [0.15, 0.2) is 9.84 Å². The van der Waals surface area contributed by atoms with Crippen LogP contribution < -0.4 is 4.90 Å². The molecule has 3 heterocycles. The fourth-order valence-corrected chi connectivity index (χ4v) is 5.92. The van der Waals surface area contributed by atoms with Crippen LogP contribution in [0.2, 0.25) is 0 Å². The molecule has 1 aromatic carbocycles. The summed E-state index contributed by atoms with van der Waals surface area (Å²) in [5.74, 6) is 1.47. The molecule has 2 aliphatic rings. The van der Waals surface area contributed by atoms with Crippen molar-refractivity contribution in [3.05, 3.63) is 35.7 Å². The topological polar surface area (TPSA) is 83.5 Å². The maximum Gasteiger partial charge on any atom is 0.226 e. The number of benzene rings is 1. The Morgan fingerprint density at radius 3 is 2.35 bits per heavy atom. The summed E-state index contributed by atoms with van der Waals surface area (Å²) in [7, 11) is -3.20. The van der Waals surface area contributed by atoms with Gasteiger partial charge in [0.05, 0.1) is 4.90 Å². The first-order chi connectivity index (χ1) is 14.7. The second kappa shape index (κ2) is 8.86. The van der Waals surface area contributed by atoms with Crippen molar-refractivity contribution in [2.75, 3.05) is 30.8 Å². The van der Waals surface area contributed by atoms with Crippen molar-refractivity contribution in [2.24, 2.45) is 5.92 Å². The molecule has 1 atom stereocenters. The molecule has 1 unspecified atom stereocenters. The van der Waals surface area contributed by atoms with Gasteiger partial charge in [-0.15, -0.1) is 0 Å². The molecule has 4 rings (SSSR count). The van der Waals surface area contributed by atoms with Crippen molar-refractivity contribution >= 4 is 32.4 Å². The number of likely N-dealkylation sites (tertiary alicyclic amines) is 1. The minimum atomic E-state index is -3.20. The number of amides is 1. The molecule has 168 valence electrons. The molecule has 0 aliphatic carbocycles. The molecule has 0 N–H and O–H groups in total. The summed E-state index contributed by atoms with van der Waals surface area (Å²) in [6, 6.07) is 7.22. The number of carbonyl (C=O) groups is 1. The highest BCUT2D eigenvalue weighted by atomic mass is 32.2. The van der Waals surface area contributed by atoms with Crippen molar-refractivity contribution in [3.63, 3.8) is 0 Å². The van der Waals surface area contributed by atoms with Crippen LogP contribution in [0, 0.1) is 5.92 Å². The Bertz CT molecular complexity index is 1030. The predicted octanol–water partition coefficient (Wildman–Crippen LogP) is 3.13. The van der Waals surface area contributed by atoms with E-state index >= 15 is 0 Å². The van der Waals surface area contributed by atoms with Crippen LogP contribution in [0.3, 0.4) is 0 Å². The average molecular weight is 463 g/mol. The maximum absolute atomic E-state index is 13.1. The second-order valence-corrected chi connectivity index (χ2v) is 11.7. The standard InChI is InChI=1S/C22H30N4O3S2/c1-15(2)20-23-22(30-24-20)25-11-9-18(10-12-25)26-13-8-17(21(26)27)14-16-4-6-19(7-5-16)31(3,28)29/h4-7,15,17-18H,8-14H2,1-3H3. The van der Waals surface area contributed by atoms with Crippen molar-refractivity contribution in [2.45, 2.75) is 56.4 Å². The highest BCUT2D eigenvalue weighted by molar-refractivity contribution is 7.90. The minimum absolute atomic E-state index is 0.0149. The summed E-state index contributed by atoms with van der Waals surface area (Å²) >= 11 is 1.47. The van der Waals surface area contributed by atoms with E-state index in [1.807, 2.05) is 12.1 Å². The second-order valence-electron chi connectivity index (χ2n) is 8.95. The molecule has 0 saturated carbocycles. The summed E-state index contributed by atoms with van der Waals surface area (Å²) < 4.78 is 27.7. The number of hydrogen-bond donors (Lipinski definition) is 0. The monoisotopic (exact) mass is 462 g/mol. The van der Waals surface area contributed by atoms with Crippen LogP contribution >= 0.6 is 11.5 Å². The molecule has 31 heavy (non-hydrogen) atoms. The molecular weight excluding hydrogens is 432 g/mol. The van der Waals surface area contributed by atoms with Gasteiger partial charge in [0, 0.05) is 55.3 Å². The van der Waals surface area contributed by atoms with Crippen LogP contribution in [0.25, 0.3) is 0 Å². The Morgan fingerprint density at radius 2 is 1.77 bits per heavy atom. The molecule has 0 spiro atoms. The number of sulfone groups is 1. The first kappa shape index (κ1) is 22.2. The summed E-state index contributed by atoms with van der Waals surface area (Å²) in [4.78, 5) is 22.4. The van der Waals surface area contributed by atoms with Gasteiger partial charge < -0.3 is 9.80 Å². The van der Waals surface area contributed by atoms with Gasteiger partial charge in [-0.05, 0) is 43.4 Å². The number of hydrogen-bond acceptors (Lipinski definition) is 7. The number of carbonyl (C=O) groups excluding carboxylic acids is 1. The first-order valence-electron chi connectivity index (χ1n) is 10.9. The molecule has 9 heteroatoms. The van der Waals surface area contributed by atoms with Gasteiger partial charge in [0.1, 0.15) is 5.82 Å². The van der Waals surface area contributed by atoms with E-state index in [9.17, 15) is 13.2 Å². The summed E-state index contributed by atoms with van der Waals surface area (Å²) in [6.45, 7) is 6.82. The van der Waals surface area contributed by atoms with E-state index in [-0.39, 0.29) is 11.8 Å². The quantitative estimate of drug-likeness (QED) is 0.656. The Hall–Kier alpha value is -2.00. The average Bonchev–Trinajstić information content (AvgIpc) is 3.36. The third-order valence-electron chi connectivity index (χ3n) is 6.31. The Morgan fingerprint density at radius 1 is 1.10 bits per heavy atom. The van der Waals surface area contributed by atoms with Crippen LogP contribution in [0.15, 0.2) is 29.2 Å². The van der Waals surface area contributed by atoms with Gasteiger partial charge in [0.2, 0.25) is 11.0 Å². The SMILES string of the molecule is CC(C)c1nsc(N2CCC(N3CCC(Cc4ccc(S(C)(=O)=O)cc4)C3=O)CC2)n1. The highest BCUT2D eigenvalue weighted by Gasteiger charge is 2.37. The van der Waals surface area contributed by atoms with E-state index in [4.69, 9.17) is 0 Å². The van der Waals surface area contributed by atoms with Crippen molar-refractivity contribution < 1.29 is 13.2 Å². The summed E-state index contributed by atoms with van der Waals surface area (Å²) in [6.07, 6.45) is 4.65. The van der Waals surface area contributed by atoms with Crippen molar-refractivity contribution in [3.8, 4) is 0 Å². The van der Waals surface area contributed by atoms with Crippen molar-refractivity contribution in [1.29, 1.82) is 0 Å². The molecule has 7 nitrogen and oxygen atoms in total. The molecular formula is C22H30N4O3S2. The zero-order valence-corrected chi connectivity index (χ0v) is 20.0. The lowest BCUT2D eigenvalue weighted by Crippen LogP contribution is -2.46. The Kier molecular flexibility index (Phi) is 6.35. The van der Waals surface area contributed by atoms with E-state index in [0.717, 1.165) is 55.4 Å². The normalized spacial score (nSPS) is 20.8. The van der Waals surface area contributed by atoms with Gasteiger partial charge in [-0.2, -0.15) is 4.37 Å². The highest BCUT2D eigenvalue weighted by Crippen LogP contribution is 2.30. The van der Waals surface area contributed by atoms with Crippen molar-refractivity contribution in [1.82, 2.24) is 14.3 Å². The fourth-order valence-electron chi connectivity index (χ4n) is 4.43. The predicted molar refractivity (Wildman–Crippen MR) is 122 cm³/mol. The molecule has 1 amide bonds. The number of aromatic nitrogens is 2. The van der Waals surface area contributed by atoms with E-state index in [0.29, 0.717) is 23.3 Å². The largest absolute Gasteiger partial charge is 0.347 e. The van der Waals surface area contributed by atoms with Crippen LogP contribution in [-0.4, -0.2) is 60.5 Å². The lowest BCUT2D eigenvalue weighted by molar-refractivity contribution is -0.133. The fraction of sp³-hybridized carbons (Fsp3) is 0.591. The van der Waals surface area contributed by atoms with Crippen LogP contribution in [-0.2, 0) is 21.1 Å². The molecule has 0 radical (unpaired) electrons. The molecule has 0 bridgehead atoms. The van der Waals surface area contributed by atoms with Gasteiger partial charge in [-0.3, -0.25) is 4.79 Å². The third kappa shape index (κ3) is 4.92. The van der Waals surface area contributed by atoms with Gasteiger partial charge in [-0.1, -0.05) is 26.0 Å². The number of rotatable bonds is 6. The summed E-state index contributed by atoms with van der Waals surface area (Å²) in [5.41, 5.74) is 1.01. The van der Waals surface area contributed by atoms with Gasteiger partial charge >= 0.3 is 0 Å². The number of piperidine rings is 1. The molecule has 2 fully saturated rings. The van der Waals surface area contributed by atoms with Crippen LogP contribution in [0.4, 0.5) is 5.13 Å². The Labute approximate surface area is 188 Å². The Balaban J connectivity index is 1.32.